The minimum Gasteiger partial charge on any atom is -0.506 e. The highest BCUT2D eigenvalue weighted by Crippen LogP contribution is 2.40. The monoisotopic (exact) mass is 304 g/mol. The number of nitrogens with zero attached hydrogens (tertiary/aromatic N) is 2. The van der Waals surface area contributed by atoms with Gasteiger partial charge in [0.05, 0.1) is 22.9 Å². The molecule has 5 nitrogen and oxygen atoms in total. The van der Waals surface area contributed by atoms with Gasteiger partial charge in [0.2, 0.25) is 5.91 Å². The lowest BCUT2D eigenvalue weighted by Gasteiger charge is -2.11. The number of hydrogen-bond donors (Lipinski definition) is 1. The number of aliphatic hydroxyl groups excluding tert-OH is 1. The van der Waals surface area contributed by atoms with Crippen molar-refractivity contribution in [1.29, 1.82) is 5.26 Å². The van der Waals surface area contributed by atoms with Crippen molar-refractivity contribution in [3.8, 4) is 6.07 Å². The molecule has 2 aromatic carbocycles. The van der Waals surface area contributed by atoms with E-state index in [1.54, 1.807) is 42.5 Å². The lowest BCUT2D eigenvalue weighted by Crippen LogP contribution is -2.31. The summed E-state index contributed by atoms with van der Waals surface area (Å²) in [6.07, 6.45) is 0. The zero-order valence-corrected chi connectivity index (χ0v) is 12.3. The third-order valence-corrected chi connectivity index (χ3v) is 3.65. The van der Waals surface area contributed by atoms with Crippen molar-refractivity contribution in [2.24, 2.45) is 0 Å². The van der Waals surface area contributed by atoms with Crippen LogP contribution in [0.5, 0.6) is 0 Å². The highest BCUT2D eigenvalue weighted by molar-refractivity contribution is 6.42. The number of para-hydroxylation sites is 1. The van der Waals surface area contributed by atoms with Crippen LogP contribution >= 0.6 is 0 Å². The largest absolute Gasteiger partial charge is 0.506 e. The standard InChI is InChI=1S/C18H12N2O3/c1-11(21)20-15-8-3-2-7-14(15)16(18(20)23)17(22)13-6-4-5-12(9-13)10-19/h2-9,22H,1H3. The Morgan fingerprint density at radius 2 is 1.91 bits per heavy atom. The molecule has 0 radical (unpaired) electrons. The maximum atomic E-state index is 12.6. The topological polar surface area (TPSA) is 81.4 Å². The molecule has 5 heteroatoms. The van der Waals surface area contributed by atoms with Crippen molar-refractivity contribution in [2.45, 2.75) is 6.92 Å². The molecule has 0 saturated carbocycles. The smallest absolute Gasteiger partial charge is 0.269 e. The number of carbonyl (C=O) groups excluding carboxylic acids is 2. The summed E-state index contributed by atoms with van der Waals surface area (Å²) < 4.78 is 0. The molecule has 0 saturated heterocycles. The fourth-order valence-electron chi connectivity index (χ4n) is 2.64. The number of amides is 2. The van der Waals surface area contributed by atoms with Gasteiger partial charge in [0, 0.05) is 18.1 Å². The Morgan fingerprint density at radius 1 is 1.17 bits per heavy atom. The quantitative estimate of drug-likeness (QED) is 0.649. The second-order valence-corrected chi connectivity index (χ2v) is 5.09. The van der Waals surface area contributed by atoms with Gasteiger partial charge in [0.1, 0.15) is 5.76 Å². The van der Waals surface area contributed by atoms with Gasteiger partial charge in [-0.1, -0.05) is 30.3 Å². The molecule has 1 heterocycles. The van der Waals surface area contributed by atoms with E-state index in [0.29, 0.717) is 22.4 Å². The molecule has 0 aromatic heterocycles. The van der Waals surface area contributed by atoms with Crippen molar-refractivity contribution in [3.05, 3.63) is 65.2 Å². The van der Waals surface area contributed by atoms with E-state index in [1.165, 1.54) is 13.0 Å². The van der Waals surface area contributed by atoms with E-state index < -0.39 is 11.8 Å². The van der Waals surface area contributed by atoms with Gasteiger partial charge in [-0.05, 0) is 18.2 Å². The van der Waals surface area contributed by atoms with E-state index in [1.807, 2.05) is 6.07 Å². The maximum absolute atomic E-state index is 12.6. The van der Waals surface area contributed by atoms with Crippen LogP contribution in [0.3, 0.4) is 0 Å². The van der Waals surface area contributed by atoms with Crippen LogP contribution in [0, 0.1) is 11.3 Å². The average molecular weight is 304 g/mol. The van der Waals surface area contributed by atoms with Crippen molar-refractivity contribution >= 4 is 28.8 Å². The molecule has 0 spiro atoms. The summed E-state index contributed by atoms with van der Waals surface area (Å²) in [6.45, 7) is 1.30. The summed E-state index contributed by atoms with van der Waals surface area (Å²) >= 11 is 0. The third kappa shape index (κ3) is 2.27. The van der Waals surface area contributed by atoms with Gasteiger partial charge < -0.3 is 5.11 Å². The van der Waals surface area contributed by atoms with Crippen LogP contribution < -0.4 is 4.90 Å². The predicted molar refractivity (Wildman–Crippen MR) is 85.2 cm³/mol. The van der Waals surface area contributed by atoms with Gasteiger partial charge >= 0.3 is 0 Å². The summed E-state index contributed by atoms with van der Waals surface area (Å²) in [6, 6.07) is 15.1. The van der Waals surface area contributed by atoms with Crippen LogP contribution in [-0.2, 0) is 9.59 Å². The summed E-state index contributed by atoms with van der Waals surface area (Å²) in [5, 5.41) is 19.5. The molecule has 1 aliphatic heterocycles. The summed E-state index contributed by atoms with van der Waals surface area (Å²) in [7, 11) is 0. The number of carbonyl (C=O) groups is 2. The number of benzene rings is 2. The number of imide groups is 1. The first-order valence-electron chi connectivity index (χ1n) is 6.92. The molecule has 23 heavy (non-hydrogen) atoms. The van der Waals surface area contributed by atoms with Crippen molar-refractivity contribution in [3.63, 3.8) is 0 Å². The number of nitriles is 1. The molecule has 1 N–H and O–H groups in total. The molecular formula is C18H12N2O3. The molecule has 0 atom stereocenters. The van der Waals surface area contributed by atoms with E-state index in [0.717, 1.165) is 4.90 Å². The Hall–Kier alpha value is -3.39. The summed E-state index contributed by atoms with van der Waals surface area (Å²) in [5.41, 5.74) is 1.73. The van der Waals surface area contributed by atoms with Gasteiger partial charge in [0.15, 0.2) is 0 Å². The Balaban J connectivity index is 2.24. The van der Waals surface area contributed by atoms with Gasteiger partial charge in [-0.3, -0.25) is 9.59 Å². The molecular weight excluding hydrogens is 292 g/mol. The lowest BCUT2D eigenvalue weighted by atomic mass is 10.0. The molecule has 0 bridgehead atoms. The van der Waals surface area contributed by atoms with Gasteiger partial charge in [-0.2, -0.15) is 5.26 Å². The van der Waals surface area contributed by atoms with Gasteiger partial charge in [-0.25, -0.2) is 4.90 Å². The number of anilines is 1. The Morgan fingerprint density at radius 3 is 2.61 bits per heavy atom. The first-order valence-corrected chi connectivity index (χ1v) is 6.92. The fraction of sp³-hybridized carbons (Fsp3) is 0.0556. The van der Waals surface area contributed by atoms with Crippen LogP contribution in [-0.4, -0.2) is 16.9 Å². The minimum atomic E-state index is -0.571. The lowest BCUT2D eigenvalue weighted by molar-refractivity contribution is -0.122. The Bertz CT molecular complexity index is 906. The van der Waals surface area contributed by atoms with Crippen LogP contribution in [0.2, 0.25) is 0 Å². The predicted octanol–water partition coefficient (Wildman–Crippen LogP) is 2.88. The van der Waals surface area contributed by atoms with E-state index in [-0.39, 0.29) is 11.3 Å². The molecule has 112 valence electrons. The third-order valence-electron chi connectivity index (χ3n) is 3.65. The molecule has 0 aliphatic carbocycles. The van der Waals surface area contributed by atoms with E-state index >= 15 is 0 Å². The summed E-state index contributed by atoms with van der Waals surface area (Å²) in [5.74, 6) is -1.24. The van der Waals surface area contributed by atoms with Gasteiger partial charge in [-0.15, -0.1) is 0 Å². The second-order valence-electron chi connectivity index (χ2n) is 5.09. The van der Waals surface area contributed by atoms with E-state index in [2.05, 4.69) is 0 Å². The fourth-order valence-corrected chi connectivity index (χ4v) is 2.64. The zero-order chi connectivity index (χ0) is 16.6. The normalized spacial score (nSPS) is 15.1. The second kappa shape index (κ2) is 5.43. The van der Waals surface area contributed by atoms with Crippen LogP contribution in [0.4, 0.5) is 5.69 Å². The van der Waals surface area contributed by atoms with Crippen molar-refractivity contribution < 1.29 is 14.7 Å². The number of fused-ring (bicyclic) bond motifs is 1. The van der Waals surface area contributed by atoms with Crippen molar-refractivity contribution in [2.75, 3.05) is 4.90 Å². The highest BCUT2D eigenvalue weighted by Gasteiger charge is 2.37. The maximum Gasteiger partial charge on any atom is 0.269 e. The van der Waals surface area contributed by atoms with Crippen LogP contribution in [0.25, 0.3) is 11.3 Å². The average Bonchev–Trinajstić information content (AvgIpc) is 2.86. The number of rotatable bonds is 1. The Labute approximate surface area is 132 Å². The number of hydrogen-bond acceptors (Lipinski definition) is 4. The first kappa shape index (κ1) is 14.5. The van der Waals surface area contributed by atoms with Crippen LogP contribution in [0.15, 0.2) is 48.5 Å². The van der Waals surface area contributed by atoms with E-state index in [9.17, 15) is 14.7 Å². The van der Waals surface area contributed by atoms with Crippen LogP contribution in [0.1, 0.15) is 23.6 Å². The SMILES string of the molecule is CC(=O)N1C(=O)C(=C(O)c2cccc(C#N)c2)c2ccccc21. The first-order chi connectivity index (χ1) is 11.0. The molecule has 2 aromatic rings. The summed E-state index contributed by atoms with van der Waals surface area (Å²) in [4.78, 5) is 25.4. The molecule has 0 fully saturated rings. The molecule has 2 amide bonds. The van der Waals surface area contributed by atoms with Crippen molar-refractivity contribution in [1.82, 2.24) is 0 Å². The molecule has 1 aliphatic rings. The minimum absolute atomic E-state index is 0.0610. The van der Waals surface area contributed by atoms with Gasteiger partial charge in [0.25, 0.3) is 5.91 Å². The Kier molecular flexibility index (Phi) is 3.43. The van der Waals surface area contributed by atoms with E-state index in [4.69, 9.17) is 5.26 Å². The highest BCUT2D eigenvalue weighted by atomic mass is 16.3. The molecule has 3 rings (SSSR count). The zero-order valence-electron chi connectivity index (χ0n) is 12.3. The molecule has 0 unspecified atom stereocenters. The number of aliphatic hydroxyl groups is 1.